The van der Waals surface area contributed by atoms with Crippen LogP contribution in [0.1, 0.15) is 51.4 Å². The van der Waals surface area contributed by atoms with E-state index < -0.39 is 0 Å². The van der Waals surface area contributed by atoms with E-state index in [-0.39, 0.29) is 17.9 Å². The normalized spacial score (nSPS) is 17.3. The molecular formula is C27H31N5O2. The second kappa shape index (κ2) is 10.2. The lowest BCUT2D eigenvalue weighted by Crippen LogP contribution is -2.44. The molecule has 7 heteroatoms. The molecule has 176 valence electrons. The van der Waals surface area contributed by atoms with Crippen LogP contribution in [0.4, 0.5) is 0 Å². The number of piperidine rings is 1. The number of carbonyl (C=O) groups excluding carboxylic acids is 2. The zero-order chi connectivity index (χ0) is 23.3. The summed E-state index contributed by atoms with van der Waals surface area (Å²) in [6.45, 7) is 4.72. The molecule has 1 saturated heterocycles. The van der Waals surface area contributed by atoms with Crippen LogP contribution in [0.5, 0.6) is 0 Å². The van der Waals surface area contributed by atoms with Crippen LogP contribution in [0.25, 0.3) is 0 Å². The summed E-state index contributed by atoms with van der Waals surface area (Å²) in [5, 5.41) is 7.63. The van der Waals surface area contributed by atoms with Crippen molar-refractivity contribution in [3.8, 4) is 0 Å². The minimum atomic E-state index is -0.190. The zero-order valence-electron chi connectivity index (χ0n) is 19.4. The van der Waals surface area contributed by atoms with Gasteiger partial charge in [-0.05, 0) is 30.4 Å². The third-order valence-corrected chi connectivity index (χ3v) is 6.70. The van der Waals surface area contributed by atoms with Crippen LogP contribution in [-0.2, 0) is 19.6 Å². The minimum Gasteiger partial charge on any atom is -0.348 e. The predicted molar refractivity (Wildman–Crippen MR) is 130 cm³/mol. The summed E-state index contributed by atoms with van der Waals surface area (Å²) >= 11 is 0. The van der Waals surface area contributed by atoms with E-state index in [1.165, 1.54) is 5.56 Å². The number of hydrogen-bond acceptors (Lipinski definition) is 4. The monoisotopic (exact) mass is 457 g/mol. The Morgan fingerprint density at radius 2 is 1.53 bits per heavy atom. The van der Waals surface area contributed by atoms with E-state index in [1.807, 2.05) is 41.3 Å². The molecule has 5 rings (SSSR count). The molecule has 0 spiro atoms. The van der Waals surface area contributed by atoms with Crippen LogP contribution in [0.15, 0.2) is 66.7 Å². The largest absolute Gasteiger partial charge is 0.348 e. The summed E-state index contributed by atoms with van der Waals surface area (Å²) < 4.78 is 1.70. The minimum absolute atomic E-state index is 0.0675. The Morgan fingerprint density at radius 3 is 2.21 bits per heavy atom. The van der Waals surface area contributed by atoms with Gasteiger partial charge in [-0.15, -0.1) is 0 Å². The summed E-state index contributed by atoms with van der Waals surface area (Å²) in [5.41, 5.74) is 3.24. The summed E-state index contributed by atoms with van der Waals surface area (Å²) in [6, 6.07) is 22.3. The van der Waals surface area contributed by atoms with Crippen LogP contribution in [-0.4, -0.2) is 57.1 Å². The first-order valence-corrected chi connectivity index (χ1v) is 12.1. The molecule has 2 aliphatic rings. The number of benzene rings is 2. The quantitative estimate of drug-likeness (QED) is 0.617. The Bertz CT molecular complexity index is 1120. The number of nitrogens with one attached hydrogen (secondary N) is 1. The fourth-order valence-electron chi connectivity index (χ4n) is 4.84. The van der Waals surface area contributed by atoms with Gasteiger partial charge in [0.1, 0.15) is 5.69 Å². The zero-order valence-corrected chi connectivity index (χ0v) is 19.4. The molecule has 0 radical (unpaired) electrons. The molecule has 1 fully saturated rings. The van der Waals surface area contributed by atoms with Crippen LogP contribution in [0.2, 0.25) is 0 Å². The van der Waals surface area contributed by atoms with Crippen LogP contribution in [0.3, 0.4) is 0 Å². The van der Waals surface area contributed by atoms with E-state index >= 15 is 0 Å². The maximum Gasteiger partial charge on any atom is 0.272 e. The topological polar surface area (TPSA) is 70.5 Å². The van der Waals surface area contributed by atoms with Gasteiger partial charge in [-0.2, -0.15) is 5.10 Å². The molecule has 0 saturated carbocycles. The molecule has 0 unspecified atom stereocenters. The fourth-order valence-corrected chi connectivity index (χ4v) is 4.84. The van der Waals surface area contributed by atoms with Crippen molar-refractivity contribution in [1.82, 2.24) is 24.9 Å². The molecule has 3 aromatic rings. The van der Waals surface area contributed by atoms with Gasteiger partial charge in [0.2, 0.25) is 0 Å². The van der Waals surface area contributed by atoms with Gasteiger partial charge >= 0.3 is 0 Å². The molecule has 1 aromatic heterocycles. The molecule has 3 heterocycles. The number of fused-ring (bicyclic) bond motifs is 1. The Morgan fingerprint density at radius 1 is 0.882 bits per heavy atom. The van der Waals surface area contributed by atoms with Crippen LogP contribution >= 0.6 is 0 Å². The summed E-state index contributed by atoms with van der Waals surface area (Å²) in [6.07, 6.45) is 2.64. The van der Waals surface area contributed by atoms with Crippen molar-refractivity contribution in [3.05, 3.63) is 89.2 Å². The standard InChI is InChI=1S/C27H31N5O2/c33-26(28-23-12-16-30(17-13-23)19-21-8-3-1-4-9-21)24-18-25-27(34)31(14-7-15-32(25)29-24)20-22-10-5-2-6-11-22/h1-6,8-11,18,23H,7,12-17,19-20H2,(H,28,33). The number of aryl methyl sites for hydroxylation is 1. The van der Waals surface area contributed by atoms with Crippen molar-refractivity contribution < 1.29 is 9.59 Å². The van der Waals surface area contributed by atoms with Gasteiger partial charge in [0.25, 0.3) is 11.8 Å². The Kier molecular flexibility index (Phi) is 6.72. The molecule has 2 amide bonds. The van der Waals surface area contributed by atoms with Gasteiger partial charge in [0.05, 0.1) is 0 Å². The highest BCUT2D eigenvalue weighted by Gasteiger charge is 2.28. The van der Waals surface area contributed by atoms with E-state index in [0.717, 1.165) is 44.5 Å². The first-order chi connectivity index (χ1) is 16.7. The van der Waals surface area contributed by atoms with Gasteiger partial charge in [-0.25, -0.2) is 0 Å². The van der Waals surface area contributed by atoms with Crippen LogP contribution < -0.4 is 5.32 Å². The molecule has 0 atom stereocenters. The average Bonchev–Trinajstić information content (AvgIpc) is 3.24. The van der Waals surface area contributed by atoms with Crippen molar-refractivity contribution in [3.63, 3.8) is 0 Å². The van der Waals surface area contributed by atoms with Gasteiger partial charge < -0.3 is 10.2 Å². The molecule has 34 heavy (non-hydrogen) atoms. The lowest BCUT2D eigenvalue weighted by Gasteiger charge is -2.32. The van der Waals surface area contributed by atoms with Crippen molar-refractivity contribution in [2.75, 3.05) is 19.6 Å². The average molecular weight is 458 g/mol. The van der Waals surface area contributed by atoms with Gasteiger partial charge in [0, 0.05) is 51.4 Å². The molecule has 2 aromatic carbocycles. The second-order valence-corrected chi connectivity index (χ2v) is 9.21. The lowest BCUT2D eigenvalue weighted by atomic mass is 10.0. The van der Waals surface area contributed by atoms with E-state index in [4.69, 9.17) is 0 Å². The van der Waals surface area contributed by atoms with Crippen molar-refractivity contribution in [2.24, 2.45) is 0 Å². The Balaban J connectivity index is 1.18. The summed E-state index contributed by atoms with van der Waals surface area (Å²) in [4.78, 5) is 30.4. The van der Waals surface area contributed by atoms with Crippen molar-refractivity contribution >= 4 is 11.8 Å². The number of nitrogens with zero attached hydrogens (tertiary/aromatic N) is 4. The molecular weight excluding hydrogens is 426 g/mol. The predicted octanol–water partition coefficient (Wildman–Crippen LogP) is 3.32. The molecule has 0 bridgehead atoms. The van der Waals surface area contributed by atoms with Crippen molar-refractivity contribution in [2.45, 2.75) is 44.9 Å². The lowest BCUT2D eigenvalue weighted by molar-refractivity contribution is 0.0745. The fraction of sp³-hybridized carbons (Fsp3) is 0.370. The van der Waals surface area contributed by atoms with Gasteiger partial charge in [-0.1, -0.05) is 60.7 Å². The first-order valence-electron chi connectivity index (χ1n) is 12.1. The van der Waals surface area contributed by atoms with E-state index in [1.54, 1.807) is 10.7 Å². The van der Waals surface area contributed by atoms with Crippen molar-refractivity contribution in [1.29, 1.82) is 0 Å². The molecule has 7 nitrogen and oxygen atoms in total. The Hall–Kier alpha value is -3.45. The van der Waals surface area contributed by atoms with E-state index in [9.17, 15) is 9.59 Å². The number of carbonyl (C=O) groups is 2. The van der Waals surface area contributed by atoms with Gasteiger partial charge in [-0.3, -0.25) is 19.2 Å². The van der Waals surface area contributed by atoms with Gasteiger partial charge in [0.15, 0.2) is 5.69 Å². The number of hydrogen-bond donors (Lipinski definition) is 1. The summed E-state index contributed by atoms with van der Waals surface area (Å²) in [5.74, 6) is -0.258. The summed E-state index contributed by atoms with van der Waals surface area (Å²) in [7, 11) is 0. The maximum absolute atomic E-state index is 13.2. The number of likely N-dealkylation sites (tertiary alicyclic amines) is 1. The molecule has 1 N–H and O–H groups in total. The molecule has 0 aliphatic carbocycles. The highest BCUT2D eigenvalue weighted by atomic mass is 16.2. The number of rotatable bonds is 6. The third-order valence-electron chi connectivity index (χ3n) is 6.70. The van der Waals surface area contributed by atoms with E-state index in [2.05, 4.69) is 39.6 Å². The second-order valence-electron chi connectivity index (χ2n) is 9.21. The molecule has 2 aliphatic heterocycles. The smallest absolute Gasteiger partial charge is 0.272 e. The number of amides is 2. The maximum atomic E-state index is 13.2. The Labute approximate surface area is 200 Å². The third kappa shape index (κ3) is 5.20. The number of aromatic nitrogens is 2. The first kappa shape index (κ1) is 22.3. The van der Waals surface area contributed by atoms with Crippen LogP contribution in [0, 0.1) is 0 Å². The highest BCUT2D eigenvalue weighted by molar-refractivity contribution is 5.98. The SMILES string of the molecule is O=C(NC1CCN(Cc2ccccc2)CC1)c1cc2n(n1)CCCN(Cc1ccccc1)C2=O. The van der Waals surface area contributed by atoms with E-state index in [0.29, 0.717) is 31.0 Å². The highest BCUT2D eigenvalue weighted by Crippen LogP contribution is 2.18.